The van der Waals surface area contributed by atoms with Crippen LogP contribution in [-0.2, 0) is 28.8 Å². The molecule has 4 atom stereocenters. The van der Waals surface area contributed by atoms with E-state index in [4.69, 9.17) is 4.74 Å². The van der Waals surface area contributed by atoms with E-state index in [9.17, 15) is 14.7 Å². The lowest BCUT2D eigenvalue weighted by molar-refractivity contribution is -0.127. The number of carbonyl (C=O) groups is 2. The molecule has 1 heterocycles. The molecule has 8 heteroatoms. The zero-order valence-electron chi connectivity index (χ0n) is 25.1. The van der Waals surface area contributed by atoms with Gasteiger partial charge in [0.25, 0.3) is 0 Å². The Balaban J connectivity index is 1.56. The van der Waals surface area contributed by atoms with Gasteiger partial charge < -0.3 is 25.5 Å². The van der Waals surface area contributed by atoms with Crippen molar-refractivity contribution in [3.8, 4) is 0 Å². The van der Waals surface area contributed by atoms with E-state index in [1.165, 1.54) is 0 Å². The molecule has 0 unspecified atom stereocenters. The number of imidazole rings is 1. The highest BCUT2D eigenvalue weighted by Crippen LogP contribution is 2.22. The minimum atomic E-state index is -1.02. The Morgan fingerprint density at radius 3 is 1.86 bits per heavy atom. The number of aromatic amines is 1. The lowest BCUT2D eigenvalue weighted by atomic mass is 9.88. The average molecular weight is 583 g/mol. The van der Waals surface area contributed by atoms with E-state index in [-0.39, 0.29) is 18.4 Å². The van der Waals surface area contributed by atoms with Crippen LogP contribution in [0.1, 0.15) is 55.7 Å². The fourth-order valence-electron chi connectivity index (χ4n) is 5.07. The molecule has 0 fully saturated rings. The van der Waals surface area contributed by atoms with E-state index in [0.717, 1.165) is 16.7 Å². The monoisotopic (exact) mass is 582 g/mol. The smallest absolute Gasteiger partial charge is 0.407 e. The van der Waals surface area contributed by atoms with Gasteiger partial charge in [0.15, 0.2) is 0 Å². The van der Waals surface area contributed by atoms with Gasteiger partial charge in [0.1, 0.15) is 11.4 Å². The molecule has 4 aromatic rings. The van der Waals surface area contributed by atoms with Gasteiger partial charge in [0.2, 0.25) is 5.91 Å². The molecule has 0 saturated carbocycles. The molecule has 0 aliphatic rings. The summed E-state index contributed by atoms with van der Waals surface area (Å²) in [6.45, 7) is 5.38. The van der Waals surface area contributed by atoms with Gasteiger partial charge in [0.05, 0.1) is 18.2 Å². The third-order valence-electron chi connectivity index (χ3n) is 7.14. The number of amides is 2. The molecule has 0 spiro atoms. The number of aliphatic hydroxyl groups excluding tert-OH is 1. The standard InChI is InChI=1S/C35H42N4O4/c1-35(2,3)43-34(42)39-29(22-26-15-9-5-10-16-26)31(40)24-28(21-25-13-7-4-8-14-25)33(41)38-30(32-36-19-20-37-32)23-27-17-11-6-12-18-27/h4-20,28-31,40H,21-24H2,1-3H3,(H,36,37)(H,38,41)(H,39,42)/t28-,29+,30+,31+/m1/s1. The van der Waals surface area contributed by atoms with Crippen LogP contribution >= 0.6 is 0 Å². The van der Waals surface area contributed by atoms with E-state index in [1.807, 2.05) is 91.0 Å². The first-order valence-corrected chi connectivity index (χ1v) is 14.8. The minimum absolute atomic E-state index is 0.129. The number of hydrogen-bond acceptors (Lipinski definition) is 5. The van der Waals surface area contributed by atoms with Crippen LogP contribution in [0.3, 0.4) is 0 Å². The van der Waals surface area contributed by atoms with Crippen molar-refractivity contribution in [1.82, 2.24) is 20.6 Å². The Kier molecular flexibility index (Phi) is 11.1. The summed E-state index contributed by atoms with van der Waals surface area (Å²) in [5, 5.41) is 17.7. The lowest BCUT2D eigenvalue weighted by Crippen LogP contribution is -2.48. The van der Waals surface area contributed by atoms with Crippen LogP contribution in [0.25, 0.3) is 0 Å². The van der Waals surface area contributed by atoms with Crippen molar-refractivity contribution >= 4 is 12.0 Å². The van der Waals surface area contributed by atoms with E-state index < -0.39 is 29.8 Å². The van der Waals surface area contributed by atoms with Gasteiger partial charge in [-0.15, -0.1) is 0 Å². The second kappa shape index (κ2) is 15.2. The van der Waals surface area contributed by atoms with Crippen molar-refractivity contribution in [2.45, 2.75) is 70.2 Å². The maximum atomic E-state index is 14.0. The average Bonchev–Trinajstić information content (AvgIpc) is 3.52. The zero-order valence-corrected chi connectivity index (χ0v) is 25.1. The number of carbonyl (C=O) groups excluding carboxylic acids is 2. The molecular formula is C35H42N4O4. The summed E-state index contributed by atoms with van der Waals surface area (Å²) in [5.74, 6) is -0.120. The Hall–Kier alpha value is -4.43. The molecule has 43 heavy (non-hydrogen) atoms. The number of hydrogen-bond donors (Lipinski definition) is 4. The van der Waals surface area contributed by atoms with Crippen LogP contribution in [0.4, 0.5) is 4.79 Å². The van der Waals surface area contributed by atoms with Gasteiger partial charge in [0, 0.05) is 18.3 Å². The third-order valence-corrected chi connectivity index (χ3v) is 7.14. The Morgan fingerprint density at radius 1 is 0.814 bits per heavy atom. The number of nitrogens with zero attached hydrogens (tertiary/aromatic N) is 1. The van der Waals surface area contributed by atoms with Crippen molar-refractivity contribution < 1.29 is 19.4 Å². The Morgan fingerprint density at radius 2 is 1.35 bits per heavy atom. The van der Waals surface area contributed by atoms with Gasteiger partial charge in [-0.3, -0.25) is 4.79 Å². The van der Waals surface area contributed by atoms with Crippen LogP contribution in [0, 0.1) is 5.92 Å². The first-order chi connectivity index (χ1) is 20.7. The summed E-state index contributed by atoms with van der Waals surface area (Å²) in [6, 6.07) is 28.3. The summed E-state index contributed by atoms with van der Waals surface area (Å²) >= 11 is 0. The van der Waals surface area contributed by atoms with Gasteiger partial charge in [-0.2, -0.15) is 0 Å². The van der Waals surface area contributed by atoms with Crippen molar-refractivity contribution in [3.63, 3.8) is 0 Å². The maximum absolute atomic E-state index is 14.0. The number of ether oxygens (including phenoxy) is 1. The minimum Gasteiger partial charge on any atom is -0.444 e. The molecule has 4 N–H and O–H groups in total. The first kappa shape index (κ1) is 31.5. The van der Waals surface area contributed by atoms with E-state index in [1.54, 1.807) is 33.2 Å². The number of H-pyrrole nitrogens is 1. The topological polar surface area (TPSA) is 116 Å². The number of nitrogens with one attached hydrogen (secondary N) is 3. The van der Waals surface area contributed by atoms with Gasteiger partial charge in [-0.1, -0.05) is 91.0 Å². The molecule has 0 bridgehead atoms. The maximum Gasteiger partial charge on any atom is 0.407 e. The quantitative estimate of drug-likeness (QED) is 0.165. The van der Waals surface area contributed by atoms with Crippen molar-refractivity contribution in [3.05, 3.63) is 126 Å². The highest BCUT2D eigenvalue weighted by atomic mass is 16.6. The number of rotatable bonds is 13. The summed E-state index contributed by atoms with van der Waals surface area (Å²) in [6.07, 6.45) is 3.25. The van der Waals surface area contributed by atoms with E-state index in [0.29, 0.717) is 25.1 Å². The number of benzene rings is 3. The fraction of sp³-hybridized carbons (Fsp3) is 0.343. The number of alkyl carbamates (subject to hydrolysis) is 1. The summed E-state index contributed by atoms with van der Waals surface area (Å²) in [7, 11) is 0. The molecule has 2 amide bonds. The van der Waals surface area contributed by atoms with Crippen LogP contribution < -0.4 is 10.6 Å². The van der Waals surface area contributed by atoms with Crippen LogP contribution in [0.5, 0.6) is 0 Å². The molecule has 226 valence electrons. The Bertz CT molecular complexity index is 1390. The lowest BCUT2D eigenvalue weighted by Gasteiger charge is -2.29. The normalized spacial score (nSPS) is 14.2. The van der Waals surface area contributed by atoms with Gasteiger partial charge in [-0.05, 0) is 63.1 Å². The first-order valence-electron chi connectivity index (χ1n) is 14.8. The van der Waals surface area contributed by atoms with Crippen LogP contribution in [0.2, 0.25) is 0 Å². The van der Waals surface area contributed by atoms with Gasteiger partial charge >= 0.3 is 6.09 Å². The number of aliphatic hydroxyl groups is 1. The zero-order chi connectivity index (χ0) is 30.7. The van der Waals surface area contributed by atoms with Crippen molar-refractivity contribution in [1.29, 1.82) is 0 Å². The third kappa shape index (κ3) is 10.4. The predicted molar refractivity (Wildman–Crippen MR) is 167 cm³/mol. The molecule has 3 aromatic carbocycles. The molecule has 0 saturated heterocycles. The number of aromatic nitrogens is 2. The Labute approximate surface area is 253 Å². The predicted octanol–water partition coefficient (Wildman–Crippen LogP) is 5.56. The van der Waals surface area contributed by atoms with Crippen molar-refractivity contribution in [2.24, 2.45) is 5.92 Å². The molecule has 0 radical (unpaired) electrons. The molecule has 8 nitrogen and oxygen atoms in total. The van der Waals surface area contributed by atoms with Crippen molar-refractivity contribution in [2.75, 3.05) is 0 Å². The van der Waals surface area contributed by atoms with Crippen LogP contribution in [-0.4, -0.2) is 44.8 Å². The summed E-state index contributed by atoms with van der Waals surface area (Å²) in [5.41, 5.74) is 2.30. The molecule has 4 rings (SSSR count). The summed E-state index contributed by atoms with van der Waals surface area (Å²) < 4.78 is 5.50. The van der Waals surface area contributed by atoms with Gasteiger partial charge in [-0.25, -0.2) is 9.78 Å². The second-order valence-corrected chi connectivity index (χ2v) is 11.9. The highest BCUT2D eigenvalue weighted by Gasteiger charge is 2.31. The second-order valence-electron chi connectivity index (χ2n) is 11.9. The molecule has 0 aliphatic heterocycles. The molecular weight excluding hydrogens is 540 g/mol. The largest absolute Gasteiger partial charge is 0.444 e. The molecule has 1 aromatic heterocycles. The fourth-order valence-corrected chi connectivity index (χ4v) is 5.07. The SMILES string of the molecule is CC(C)(C)OC(=O)N[C@@H](Cc1ccccc1)[C@@H](O)C[C@@H](Cc1ccccc1)C(=O)N[C@@H](Cc1ccccc1)c1ncc[nH]1. The van der Waals surface area contributed by atoms with Crippen LogP contribution in [0.15, 0.2) is 103 Å². The highest BCUT2D eigenvalue weighted by molar-refractivity contribution is 5.79. The van der Waals surface area contributed by atoms with E-state index in [2.05, 4.69) is 20.6 Å². The summed E-state index contributed by atoms with van der Waals surface area (Å²) in [4.78, 5) is 34.4. The molecule has 0 aliphatic carbocycles. The van der Waals surface area contributed by atoms with E-state index >= 15 is 0 Å².